The Kier molecular flexibility index (Phi) is 2.10. The van der Waals surface area contributed by atoms with Crippen molar-refractivity contribution in [3.8, 4) is 0 Å². The van der Waals surface area contributed by atoms with Gasteiger partial charge in [-0.05, 0) is 30.9 Å². The van der Waals surface area contributed by atoms with Crippen LogP contribution in [0.4, 0.5) is 0 Å². The lowest BCUT2D eigenvalue weighted by molar-refractivity contribution is -0.127. The lowest BCUT2D eigenvalue weighted by Gasteiger charge is -2.40. The predicted octanol–water partition coefficient (Wildman–Crippen LogP) is 1.44. The number of benzene rings is 1. The molecule has 1 unspecified atom stereocenters. The third-order valence-electron chi connectivity index (χ3n) is 2.79. The molecule has 0 aliphatic heterocycles. The molecule has 2 nitrogen and oxygen atoms in total. The van der Waals surface area contributed by atoms with E-state index in [9.17, 15) is 10.2 Å². The molecule has 13 heavy (non-hydrogen) atoms. The van der Waals surface area contributed by atoms with Crippen LogP contribution in [-0.2, 0) is 0 Å². The minimum Gasteiger partial charge on any atom is -0.387 e. The molecule has 1 aromatic rings. The molecular weight excluding hydrogens is 164 g/mol. The maximum absolute atomic E-state index is 9.87. The summed E-state index contributed by atoms with van der Waals surface area (Å²) in [5.41, 5.74) is -0.0950. The second kappa shape index (κ2) is 3.13. The molecule has 1 atom stereocenters. The van der Waals surface area contributed by atoms with Crippen LogP contribution in [0, 0.1) is 6.07 Å². The molecule has 1 aromatic carbocycles. The molecule has 1 aliphatic rings. The standard InChI is InChI=1S/C11H13O2/c12-10(11(13)7-4-8-11)9-5-2-1-3-6-9/h2-3,5-6,10,12-13H,4,7-8H2. The molecule has 69 valence electrons. The van der Waals surface area contributed by atoms with Gasteiger partial charge in [-0.3, -0.25) is 0 Å². The van der Waals surface area contributed by atoms with Gasteiger partial charge in [-0.1, -0.05) is 24.3 Å². The van der Waals surface area contributed by atoms with Crippen molar-refractivity contribution in [3.63, 3.8) is 0 Å². The van der Waals surface area contributed by atoms with Crippen molar-refractivity contribution >= 4 is 0 Å². The zero-order chi connectivity index (χ0) is 9.31. The van der Waals surface area contributed by atoms with Crippen molar-refractivity contribution in [2.45, 2.75) is 31.0 Å². The first kappa shape index (κ1) is 8.73. The SMILES string of the molecule is OC(c1cc[c]cc1)C1(O)CCC1. The molecule has 0 heterocycles. The summed E-state index contributed by atoms with van der Waals surface area (Å²) < 4.78 is 0. The van der Waals surface area contributed by atoms with Crippen LogP contribution in [0.15, 0.2) is 24.3 Å². The van der Waals surface area contributed by atoms with Crippen LogP contribution in [0.25, 0.3) is 0 Å². The lowest BCUT2D eigenvalue weighted by Crippen LogP contribution is -2.42. The number of aliphatic hydroxyl groups is 2. The largest absolute Gasteiger partial charge is 0.387 e. The summed E-state index contributed by atoms with van der Waals surface area (Å²) >= 11 is 0. The average molecular weight is 177 g/mol. The molecule has 1 aliphatic carbocycles. The number of aliphatic hydroxyl groups excluding tert-OH is 1. The Morgan fingerprint density at radius 1 is 1.31 bits per heavy atom. The van der Waals surface area contributed by atoms with E-state index in [-0.39, 0.29) is 0 Å². The fourth-order valence-electron chi connectivity index (χ4n) is 1.70. The van der Waals surface area contributed by atoms with Crippen molar-refractivity contribution in [3.05, 3.63) is 35.9 Å². The molecule has 2 rings (SSSR count). The second-order valence-corrected chi connectivity index (χ2v) is 3.69. The van der Waals surface area contributed by atoms with Gasteiger partial charge >= 0.3 is 0 Å². The van der Waals surface area contributed by atoms with Gasteiger partial charge in [-0.15, -0.1) is 0 Å². The van der Waals surface area contributed by atoms with Crippen molar-refractivity contribution in [1.29, 1.82) is 0 Å². The van der Waals surface area contributed by atoms with Crippen LogP contribution in [-0.4, -0.2) is 15.8 Å². The van der Waals surface area contributed by atoms with Crippen LogP contribution in [0.3, 0.4) is 0 Å². The van der Waals surface area contributed by atoms with E-state index in [1.165, 1.54) is 0 Å². The topological polar surface area (TPSA) is 40.5 Å². The van der Waals surface area contributed by atoms with Gasteiger partial charge in [0.15, 0.2) is 0 Å². The van der Waals surface area contributed by atoms with E-state index < -0.39 is 11.7 Å². The highest BCUT2D eigenvalue weighted by Gasteiger charge is 2.41. The summed E-state index contributed by atoms with van der Waals surface area (Å²) in [6, 6.07) is 9.97. The van der Waals surface area contributed by atoms with Crippen molar-refractivity contribution in [2.75, 3.05) is 0 Å². The first-order chi connectivity index (χ1) is 6.22. The van der Waals surface area contributed by atoms with E-state index in [1.54, 1.807) is 24.3 Å². The third kappa shape index (κ3) is 1.47. The highest BCUT2D eigenvalue weighted by atomic mass is 16.3. The summed E-state index contributed by atoms with van der Waals surface area (Å²) in [7, 11) is 0. The summed E-state index contributed by atoms with van der Waals surface area (Å²) in [5, 5.41) is 19.7. The van der Waals surface area contributed by atoms with Crippen LogP contribution in [0.5, 0.6) is 0 Å². The van der Waals surface area contributed by atoms with Gasteiger partial charge in [-0.2, -0.15) is 0 Å². The Labute approximate surface area is 77.8 Å². The molecule has 1 saturated carbocycles. The van der Waals surface area contributed by atoms with Gasteiger partial charge in [0.1, 0.15) is 6.10 Å². The Morgan fingerprint density at radius 2 is 1.92 bits per heavy atom. The summed E-state index contributed by atoms with van der Waals surface area (Å²) in [4.78, 5) is 0. The average Bonchev–Trinajstić information content (AvgIpc) is 2.14. The van der Waals surface area contributed by atoms with Crippen molar-refractivity contribution in [2.24, 2.45) is 0 Å². The number of rotatable bonds is 2. The molecule has 0 amide bonds. The van der Waals surface area contributed by atoms with Gasteiger partial charge in [0.25, 0.3) is 0 Å². The Balaban J connectivity index is 2.17. The molecule has 1 fully saturated rings. The van der Waals surface area contributed by atoms with Gasteiger partial charge in [0.05, 0.1) is 5.60 Å². The van der Waals surface area contributed by atoms with Crippen LogP contribution in [0.1, 0.15) is 30.9 Å². The quantitative estimate of drug-likeness (QED) is 0.717. The Morgan fingerprint density at radius 3 is 2.38 bits per heavy atom. The van der Waals surface area contributed by atoms with E-state index in [1.807, 2.05) is 0 Å². The minimum atomic E-state index is -0.874. The Hall–Kier alpha value is -0.860. The molecule has 0 spiro atoms. The minimum absolute atomic E-state index is 0.701. The molecule has 2 N–H and O–H groups in total. The monoisotopic (exact) mass is 177 g/mol. The van der Waals surface area contributed by atoms with E-state index in [2.05, 4.69) is 6.07 Å². The molecule has 1 radical (unpaired) electrons. The van der Waals surface area contributed by atoms with Crippen molar-refractivity contribution in [1.82, 2.24) is 0 Å². The van der Waals surface area contributed by atoms with E-state index in [0.29, 0.717) is 12.8 Å². The molecule has 2 heteroatoms. The highest BCUT2D eigenvalue weighted by molar-refractivity contribution is 5.20. The first-order valence-corrected chi connectivity index (χ1v) is 4.59. The smallest absolute Gasteiger partial charge is 0.108 e. The molecule has 0 aromatic heterocycles. The summed E-state index contributed by atoms with van der Waals surface area (Å²) in [5.74, 6) is 0. The fraction of sp³-hybridized carbons (Fsp3) is 0.455. The number of hydrogen-bond donors (Lipinski definition) is 2. The summed E-state index contributed by atoms with van der Waals surface area (Å²) in [6.07, 6.45) is 1.67. The Bertz CT molecular complexity index is 277. The van der Waals surface area contributed by atoms with Gasteiger partial charge in [0.2, 0.25) is 0 Å². The fourth-order valence-corrected chi connectivity index (χ4v) is 1.70. The zero-order valence-electron chi connectivity index (χ0n) is 7.40. The second-order valence-electron chi connectivity index (χ2n) is 3.69. The molecule has 0 bridgehead atoms. The predicted molar refractivity (Wildman–Crippen MR) is 49.0 cm³/mol. The molecular formula is C11H13O2. The number of hydrogen-bond acceptors (Lipinski definition) is 2. The van der Waals surface area contributed by atoms with Gasteiger partial charge < -0.3 is 10.2 Å². The normalized spacial score (nSPS) is 22.0. The maximum atomic E-state index is 9.87. The summed E-state index contributed by atoms with van der Waals surface area (Å²) in [6.45, 7) is 0. The first-order valence-electron chi connectivity index (χ1n) is 4.59. The van der Waals surface area contributed by atoms with Crippen LogP contribution in [0.2, 0.25) is 0 Å². The highest BCUT2D eigenvalue weighted by Crippen LogP contribution is 2.41. The van der Waals surface area contributed by atoms with E-state index in [4.69, 9.17) is 0 Å². The maximum Gasteiger partial charge on any atom is 0.108 e. The van der Waals surface area contributed by atoms with E-state index >= 15 is 0 Å². The van der Waals surface area contributed by atoms with Crippen molar-refractivity contribution < 1.29 is 10.2 Å². The van der Waals surface area contributed by atoms with Gasteiger partial charge in [-0.25, -0.2) is 0 Å². The zero-order valence-corrected chi connectivity index (χ0v) is 7.40. The molecule has 0 saturated heterocycles. The third-order valence-corrected chi connectivity index (χ3v) is 2.79. The van der Waals surface area contributed by atoms with E-state index in [0.717, 1.165) is 12.0 Å². The van der Waals surface area contributed by atoms with Crippen LogP contribution < -0.4 is 0 Å². The lowest BCUT2D eigenvalue weighted by atomic mass is 9.74. The van der Waals surface area contributed by atoms with Gasteiger partial charge in [0, 0.05) is 0 Å². The van der Waals surface area contributed by atoms with Crippen LogP contribution >= 0.6 is 0 Å².